The van der Waals surface area contributed by atoms with Crippen LogP contribution in [0.5, 0.6) is 0 Å². The summed E-state index contributed by atoms with van der Waals surface area (Å²) in [5.41, 5.74) is 2.12. The van der Waals surface area contributed by atoms with Crippen molar-refractivity contribution in [1.82, 2.24) is 10.3 Å². The van der Waals surface area contributed by atoms with Gasteiger partial charge in [-0.25, -0.2) is 9.78 Å². The molecule has 0 spiro atoms. The highest BCUT2D eigenvalue weighted by atomic mass is 32.1. The predicted octanol–water partition coefficient (Wildman–Crippen LogP) is 3.53. The van der Waals surface area contributed by atoms with Crippen molar-refractivity contribution >= 4 is 32.7 Å². The van der Waals surface area contributed by atoms with Crippen LogP contribution >= 0.6 is 11.3 Å². The van der Waals surface area contributed by atoms with Gasteiger partial charge in [0.1, 0.15) is 0 Å². The van der Waals surface area contributed by atoms with Gasteiger partial charge >= 0.3 is 6.03 Å². The molecule has 18 heavy (non-hydrogen) atoms. The van der Waals surface area contributed by atoms with E-state index in [2.05, 4.69) is 28.6 Å². The number of aromatic nitrogens is 1. The lowest BCUT2D eigenvalue weighted by Crippen LogP contribution is -2.29. The topological polar surface area (TPSA) is 54.0 Å². The Morgan fingerprint density at radius 3 is 3.06 bits per heavy atom. The minimum absolute atomic E-state index is 0.181. The normalized spacial score (nSPS) is 10.6. The molecule has 0 atom stereocenters. The minimum atomic E-state index is -0.181. The fourth-order valence-corrected chi connectivity index (χ4v) is 2.56. The zero-order valence-electron chi connectivity index (χ0n) is 10.6. The highest BCUT2D eigenvalue weighted by molar-refractivity contribution is 7.22. The number of fused-ring (bicyclic) bond motifs is 1. The highest BCUT2D eigenvalue weighted by Gasteiger charge is 2.06. The van der Waals surface area contributed by atoms with Gasteiger partial charge < -0.3 is 5.32 Å². The minimum Gasteiger partial charge on any atom is -0.338 e. The molecule has 0 saturated heterocycles. The molecule has 1 aromatic carbocycles. The Labute approximate surface area is 110 Å². The standard InChI is InChI=1S/C13H17N3OS/c1-3-4-7-14-12(17)16-13-15-10-6-5-9(2)8-11(10)18-13/h5-6,8H,3-4,7H2,1-2H3,(H2,14,15,16,17). The SMILES string of the molecule is CCCCNC(=O)Nc1nc2ccc(C)cc2s1. The maximum Gasteiger partial charge on any atom is 0.321 e. The molecule has 0 radical (unpaired) electrons. The van der Waals surface area contributed by atoms with Crippen LogP contribution in [0, 0.1) is 6.92 Å². The number of rotatable bonds is 4. The molecule has 0 unspecified atom stereocenters. The second-order valence-corrected chi connectivity index (χ2v) is 5.26. The Bertz CT molecular complexity index is 550. The first kappa shape index (κ1) is 12.8. The van der Waals surface area contributed by atoms with Gasteiger partial charge in [0.25, 0.3) is 0 Å². The monoisotopic (exact) mass is 263 g/mol. The largest absolute Gasteiger partial charge is 0.338 e. The fraction of sp³-hybridized carbons (Fsp3) is 0.385. The third kappa shape index (κ3) is 3.20. The van der Waals surface area contributed by atoms with E-state index in [1.54, 1.807) is 0 Å². The number of nitrogens with one attached hydrogen (secondary N) is 2. The molecule has 0 aliphatic rings. The van der Waals surface area contributed by atoms with Crippen LogP contribution in [0.4, 0.5) is 9.93 Å². The molecule has 0 aliphatic carbocycles. The van der Waals surface area contributed by atoms with Crippen molar-refractivity contribution in [2.45, 2.75) is 26.7 Å². The lowest BCUT2D eigenvalue weighted by atomic mass is 10.2. The van der Waals surface area contributed by atoms with Gasteiger partial charge in [-0.05, 0) is 31.0 Å². The summed E-state index contributed by atoms with van der Waals surface area (Å²) in [4.78, 5) is 15.9. The number of hydrogen-bond acceptors (Lipinski definition) is 3. The number of unbranched alkanes of at least 4 members (excludes halogenated alkanes) is 1. The first-order chi connectivity index (χ1) is 8.69. The molecule has 0 saturated carbocycles. The summed E-state index contributed by atoms with van der Waals surface area (Å²) in [5, 5.41) is 6.21. The highest BCUT2D eigenvalue weighted by Crippen LogP contribution is 2.26. The number of thiazole rings is 1. The van der Waals surface area contributed by atoms with E-state index in [1.165, 1.54) is 16.9 Å². The van der Waals surface area contributed by atoms with Crippen molar-refractivity contribution in [1.29, 1.82) is 0 Å². The molecule has 0 aliphatic heterocycles. The first-order valence-corrected chi connectivity index (χ1v) is 6.92. The Kier molecular flexibility index (Phi) is 4.15. The molecule has 5 heteroatoms. The van der Waals surface area contributed by atoms with Gasteiger partial charge in [-0.1, -0.05) is 30.7 Å². The molecule has 2 amide bonds. The lowest BCUT2D eigenvalue weighted by molar-refractivity contribution is 0.252. The smallest absolute Gasteiger partial charge is 0.321 e. The maximum atomic E-state index is 11.6. The van der Waals surface area contributed by atoms with Gasteiger partial charge in [-0.2, -0.15) is 0 Å². The van der Waals surface area contributed by atoms with E-state index in [0.29, 0.717) is 11.7 Å². The Hall–Kier alpha value is -1.62. The molecular weight excluding hydrogens is 246 g/mol. The third-order valence-electron chi connectivity index (χ3n) is 2.58. The van der Waals surface area contributed by atoms with Crippen molar-refractivity contribution in [2.24, 2.45) is 0 Å². The van der Waals surface area contributed by atoms with Crippen LogP contribution in [0.2, 0.25) is 0 Å². The zero-order chi connectivity index (χ0) is 13.0. The van der Waals surface area contributed by atoms with E-state index in [-0.39, 0.29) is 6.03 Å². The molecule has 2 rings (SSSR count). The molecule has 0 fully saturated rings. The van der Waals surface area contributed by atoms with E-state index < -0.39 is 0 Å². The summed E-state index contributed by atoms with van der Waals surface area (Å²) < 4.78 is 1.10. The molecule has 1 aromatic heterocycles. The van der Waals surface area contributed by atoms with Crippen LogP contribution in [0.25, 0.3) is 10.2 Å². The van der Waals surface area contributed by atoms with Crippen LogP contribution < -0.4 is 10.6 Å². The molecular formula is C13H17N3OS. The summed E-state index contributed by atoms with van der Waals surface area (Å²) >= 11 is 1.50. The van der Waals surface area contributed by atoms with Crippen LogP contribution in [-0.2, 0) is 0 Å². The summed E-state index contributed by atoms with van der Waals surface area (Å²) in [7, 11) is 0. The number of hydrogen-bond donors (Lipinski definition) is 2. The molecule has 2 N–H and O–H groups in total. The first-order valence-electron chi connectivity index (χ1n) is 6.11. The molecule has 2 aromatic rings. The number of carbonyl (C=O) groups excluding carboxylic acids is 1. The van der Waals surface area contributed by atoms with Crippen LogP contribution in [0.15, 0.2) is 18.2 Å². The quantitative estimate of drug-likeness (QED) is 0.829. The Morgan fingerprint density at radius 2 is 2.28 bits per heavy atom. The van der Waals surface area contributed by atoms with Crippen molar-refractivity contribution in [3.8, 4) is 0 Å². The average molecular weight is 263 g/mol. The predicted molar refractivity (Wildman–Crippen MR) is 76.3 cm³/mol. The number of benzene rings is 1. The van der Waals surface area contributed by atoms with Crippen molar-refractivity contribution in [3.63, 3.8) is 0 Å². The van der Waals surface area contributed by atoms with E-state index in [9.17, 15) is 4.79 Å². The van der Waals surface area contributed by atoms with Crippen molar-refractivity contribution in [3.05, 3.63) is 23.8 Å². The second kappa shape index (κ2) is 5.82. The third-order valence-corrected chi connectivity index (χ3v) is 3.51. The van der Waals surface area contributed by atoms with Crippen LogP contribution in [0.3, 0.4) is 0 Å². The van der Waals surface area contributed by atoms with Crippen molar-refractivity contribution < 1.29 is 4.79 Å². The zero-order valence-corrected chi connectivity index (χ0v) is 11.4. The second-order valence-electron chi connectivity index (χ2n) is 4.22. The van der Waals surface area contributed by atoms with E-state index in [1.807, 2.05) is 19.1 Å². The molecule has 4 nitrogen and oxygen atoms in total. The fourth-order valence-electron chi connectivity index (χ4n) is 1.61. The summed E-state index contributed by atoms with van der Waals surface area (Å²) in [6, 6.07) is 5.89. The number of urea groups is 1. The van der Waals surface area contributed by atoms with Gasteiger partial charge in [-0.3, -0.25) is 5.32 Å². The number of carbonyl (C=O) groups is 1. The average Bonchev–Trinajstić information content (AvgIpc) is 2.70. The molecule has 1 heterocycles. The lowest BCUT2D eigenvalue weighted by Gasteiger charge is -2.03. The Morgan fingerprint density at radius 1 is 1.44 bits per heavy atom. The van der Waals surface area contributed by atoms with E-state index in [0.717, 1.165) is 23.1 Å². The van der Waals surface area contributed by atoms with E-state index >= 15 is 0 Å². The molecule has 96 valence electrons. The number of nitrogens with zero attached hydrogens (tertiary/aromatic N) is 1. The number of anilines is 1. The van der Waals surface area contributed by atoms with Gasteiger partial charge in [0.05, 0.1) is 10.2 Å². The van der Waals surface area contributed by atoms with Gasteiger partial charge in [0.2, 0.25) is 0 Å². The number of aryl methyl sites for hydroxylation is 1. The van der Waals surface area contributed by atoms with Crippen LogP contribution in [-0.4, -0.2) is 17.6 Å². The Balaban J connectivity index is 2.01. The summed E-state index contributed by atoms with van der Waals surface area (Å²) in [6.07, 6.45) is 2.06. The summed E-state index contributed by atoms with van der Waals surface area (Å²) in [5.74, 6) is 0. The van der Waals surface area contributed by atoms with Gasteiger partial charge in [-0.15, -0.1) is 0 Å². The van der Waals surface area contributed by atoms with Crippen LogP contribution in [0.1, 0.15) is 25.3 Å². The van der Waals surface area contributed by atoms with E-state index in [4.69, 9.17) is 0 Å². The molecule has 0 bridgehead atoms. The maximum absolute atomic E-state index is 11.6. The number of amides is 2. The van der Waals surface area contributed by atoms with Crippen molar-refractivity contribution in [2.75, 3.05) is 11.9 Å². The van der Waals surface area contributed by atoms with Gasteiger partial charge in [0.15, 0.2) is 5.13 Å². The summed E-state index contributed by atoms with van der Waals surface area (Å²) in [6.45, 7) is 4.84. The van der Waals surface area contributed by atoms with Gasteiger partial charge in [0, 0.05) is 6.54 Å².